The molecular weight excluding hydrogens is 422 g/mol. The molecule has 0 saturated carbocycles. The number of aromatic nitrogens is 4. The molecule has 1 fully saturated rings. The molecule has 0 spiro atoms. The molecule has 1 N–H and O–H groups in total. The number of non-ortho nitro benzene ring substituents is 1. The summed E-state index contributed by atoms with van der Waals surface area (Å²) in [5.41, 5.74) is 3.86. The van der Waals surface area contributed by atoms with Gasteiger partial charge in [0.15, 0.2) is 5.82 Å². The van der Waals surface area contributed by atoms with Gasteiger partial charge in [0, 0.05) is 61.2 Å². The maximum Gasteiger partial charge on any atom is 0.269 e. The van der Waals surface area contributed by atoms with Crippen molar-refractivity contribution in [2.45, 2.75) is 6.92 Å². The van der Waals surface area contributed by atoms with E-state index in [9.17, 15) is 14.9 Å². The number of hydrogen-bond donors (Lipinski definition) is 1. The zero-order valence-corrected chi connectivity index (χ0v) is 17.9. The molecule has 166 valence electrons. The molecule has 3 heterocycles. The Kier molecular flexibility index (Phi) is 5.17. The van der Waals surface area contributed by atoms with E-state index in [1.807, 2.05) is 36.1 Å². The van der Waals surface area contributed by atoms with Gasteiger partial charge in [0.1, 0.15) is 5.82 Å². The standard InChI is InChI=1S/C23H21N7O3/c1-15-12-21(27-22(26-15)16-2-5-18(6-3-16)30(32)33)28-8-10-29(11-9-28)23(31)17-4-7-19-20(13-17)25-14-24-19/h2-7,12-14H,8-11H2,1H3,(H,24,25). The molecule has 4 aromatic rings. The first-order chi connectivity index (χ1) is 16.0. The third-order valence-corrected chi connectivity index (χ3v) is 5.74. The number of nitro benzene ring substituents is 1. The van der Waals surface area contributed by atoms with Crippen LogP contribution in [0.2, 0.25) is 0 Å². The number of amides is 1. The van der Waals surface area contributed by atoms with Gasteiger partial charge in [-0.1, -0.05) is 0 Å². The number of piperazine rings is 1. The monoisotopic (exact) mass is 443 g/mol. The molecule has 1 aliphatic heterocycles. The van der Waals surface area contributed by atoms with Crippen molar-refractivity contribution in [2.75, 3.05) is 31.1 Å². The highest BCUT2D eigenvalue weighted by Gasteiger charge is 2.24. The number of aromatic amines is 1. The van der Waals surface area contributed by atoms with Gasteiger partial charge in [-0.05, 0) is 37.3 Å². The number of carbonyl (C=O) groups is 1. The summed E-state index contributed by atoms with van der Waals surface area (Å²) in [6.45, 7) is 4.35. The SMILES string of the molecule is Cc1cc(N2CCN(C(=O)c3ccc4nc[nH]c4c3)CC2)nc(-c2ccc([N+](=O)[O-])cc2)n1. The lowest BCUT2D eigenvalue weighted by Gasteiger charge is -2.35. The fourth-order valence-electron chi connectivity index (χ4n) is 3.97. The van der Waals surface area contributed by atoms with Crippen LogP contribution in [0.3, 0.4) is 0 Å². The zero-order chi connectivity index (χ0) is 22.9. The molecule has 0 aliphatic carbocycles. The molecule has 10 heteroatoms. The summed E-state index contributed by atoms with van der Waals surface area (Å²) < 4.78 is 0. The van der Waals surface area contributed by atoms with Gasteiger partial charge >= 0.3 is 0 Å². The summed E-state index contributed by atoms with van der Waals surface area (Å²) in [4.78, 5) is 43.9. The minimum Gasteiger partial charge on any atom is -0.353 e. The van der Waals surface area contributed by atoms with Crippen LogP contribution in [0.4, 0.5) is 11.5 Å². The summed E-state index contributed by atoms with van der Waals surface area (Å²) in [5, 5.41) is 10.9. The van der Waals surface area contributed by atoms with E-state index in [1.54, 1.807) is 18.5 Å². The first kappa shape index (κ1) is 20.6. The Morgan fingerprint density at radius 3 is 2.52 bits per heavy atom. The summed E-state index contributed by atoms with van der Waals surface area (Å²) >= 11 is 0. The molecule has 2 aromatic carbocycles. The van der Waals surface area contributed by atoms with Crippen LogP contribution in [0.25, 0.3) is 22.4 Å². The molecule has 0 atom stereocenters. The van der Waals surface area contributed by atoms with Crippen molar-refractivity contribution < 1.29 is 9.72 Å². The summed E-state index contributed by atoms with van der Waals surface area (Å²) in [6.07, 6.45) is 1.62. The fraction of sp³-hybridized carbons (Fsp3) is 0.217. The number of fused-ring (bicyclic) bond motifs is 1. The number of nitro groups is 1. The molecule has 0 bridgehead atoms. The average molecular weight is 443 g/mol. The van der Waals surface area contributed by atoms with Crippen LogP contribution in [0, 0.1) is 17.0 Å². The van der Waals surface area contributed by atoms with Crippen LogP contribution in [0.1, 0.15) is 16.1 Å². The quantitative estimate of drug-likeness (QED) is 0.380. The average Bonchev–Trinajstić information content (AvgIpc) is 3.31. The maximum atomic E-state index is 13.0. The van der Waals surface area contributed by atoms with Crippen LogP contribution < -0.4 is 4.90 Å². The Morgan fingerprint density at radius 1 is 1.03 bits per heavy atom. The van der Waals surface area contributed by atoms with Gasteiger partial charge in [0.05, 0.1) is 22.3 Å². The van der Waals surface area contributed by atoms with Gasteiger partial charge in [-0.3, -0.25) is 14.9 Å². The normalized spacial score (nSPS) is 14.0. The highest BCUT2D eigenvalue weighted by Crippen LogP contribution is 2.24. The summed E-state index contributed by atoms with van der Waals surface area (Å²) in [5.74, 6) is 1.30. The number of aryl methyl sites for hydroxylation is 1. The lowest BCUT2D eigenvalue weighted by molar-refractivity contribution is -0.384. The lowest BCUT2D eigenvalue weighted by atomic mass is 10.1. The van der Waals surface area contributed by atoms with Gasteiger partial charge < -0.3 is 14.8 Å². The molecule has 33 heavy (non-hydrogen) atoms. The number of nitrogens with one attached hydrogen (secondary N) is 1. The van der Waals surface area contributed by atoms with Crippen LogP contribution in [-0.4, -0.2) is 61.8 Å². The fourth-order valence-corrected chi connectivity index (χ4v) is 3.97. The van der Waals surface area contributed by atoms with Crippen molar-refractivity contribution in [3.8, 4) is 11.4 Å². The van der Waals surface area contributed by atoms with Crippen LogP contribution >= 0.6 is 0 Å². The Bertz CT molecular complexity index is 1340. The summed E-state index contributed by atoms with van der Waals surface area (Å²) in [7, 11) is 0. The van der Waals surface area contributed by atoms with Gasteiger partial charge in [0.2, 0.25) is 0 Å². The first-order valence-electron chi connectivity index (χ1n) is 10.6. The minimum atomic E-state index is -0.430. The molecular formula is C23H21N7O3. The zero-order valence-electron chi connectivity index (χ0n) is 17.9. The Balaban J connectivity index is 1.30. The van der Waals surface area contributed by atoms with Crippen molar-refractivity contribution in [3.05, 3.63) is 76.2 Å². The lowest BCUT2D eigenvalue weighted by Crippen LogP contribution is -2.49. The number of rotatable bonds is 4. The van der Waals surface area contributed by atoms with Gasteiger partial charge in [0.25, 0.3) is 11.6 Å². The number of imidazole rings is 1. The number of benzene rings is 2. The van der Waals surface area contributed by atoms with Crippen LogP contribution in [0.15, 0.2) is 54.9 Å². The summed E-state index contributed by atoms with van der Waals surface area (Å²) in [6, 6.07) is 13.6. The molecule has 0 unspecified atom stereocenters. The molecule has 0 radical (unpaired) electrons. The number of carbonyl (C=O) groups excluding carboxylic acids is 1. The van der Waals surface area contributed by atoms with Gasteiger partial charge in [-0.25, -0.2) is 15.0 Å². The maximum absolute atomic E-state index is 13.0. The van der Waals surface area contributed by atoms with E-state index in [1.165, 1.54) is 12.1 Å². The second kappa shape index (κ2) is 8.30. The molecule has 5 rings (SSSR count). The molecule has 1 saturated heterocycles. The van der Waals surface area contributed by atoms with Gasteiger partial charge in [-0.15, -0.1) is 0 Å². The van der Waals surface area contributed by atoms with Crippen molar-refractivity contribution in [2.24, 2.45) is 0 Å². The molecule has 1 amide bonds. The molecule has 2 aromatic heterocycles. The molecule has 10 nitrogen and oxygen atoms in total. The van der Waals surface area contributed by atoms with Gasteiger partial charge in [-0.2, -0.15) is 0 Å². The van der Waals surface area contributed by atoms with Crippen molar-refractivity contribution >= 4 is 28.4 Å². The number of anilines is 1. The molecule has 1 aliphatic rings. The van der Waals surface area contributed by atoms with E-state index in [0.717, 1.165) is 22.5 Å². The smallest absolute Gasteiger partial charge is 0.269 e. The van der Waals surface area contributed by atoms with E-state index in [0.29, 0.717) is 43.1 Å². The first-order valence-corrected chi connectivity index (χ1v) is 10.6. The van der Waals surface area contributed by atoms with E-state index >= 15 is 0 Å². The topological polar surface area (TPSA) is 121 Å². The van der Waals surface area contributed by atoms with Crippen LogP contribution in [0.5, 0.6) is 0 Å². The second-order valence-corrected chi connectivity index (χ2v) is 7.91. The van der Waals surface area contributed by atoms with Crippen LogP contribution in [-0.2, 0) is 0 Å². The number of H-pyrrole nitrogens is 1. The van der Waals surface area contributed by atoms with Crippen molar-refractivity contribution in [3.63, 3.8) is 0 Å². The third-order valence-electron chi connectivity index (χ3n) is 5.74. The third kappa shape index (κ3) is 4.10. The van der Waals surface area contributed by atoms with Crippen molar-refractivity contribution in [1.29, 1.82) is 0 Å². The number of hydrogen-bond acceptors (Lipinski definition) is 7. The van der Waals surface area contributed by atoms with Crippen molar-refractivity contribution in [1.82, 2.24) is 24.8 Å². The van der Waals surface area contributed by atoms with E-state index in [4.69, 9.17) is 0 Å². The Morgan fingerprint density at radius 2 is 1.79 bits per heavy atom. The minimum absolute atomic E-state index is 0.00316. The number of nitrogens with zero attached hydrogens (tertiary/aromatic N) is 6. The Hall–Kier alpha value is -4.34. The Labute approximate surface area is 189 Å². The predicted molar refractivity (Wildman–Crippen MR) is 123 cm³/mol. The second-order valence-electron chi connectivity index (χ2n) is 7.91. The highest BCUT2D eigenvalue weighted by atomic mass is 16.6. The van der Waals surface area contributed by atoms with E-state index < -0.39 is 4.92 Å². The highest BCUT2D eigenvalue weighted by molar-refractivity contribution is 5.97. The predicted octanol–water partition coefficient (Wildman–Crippen LogP) is 3.20. The van der Waals surface area contributed by atoms with E-state index in [-0.39, 0.29) is 11.6 Å². The van der Waals surface area contributed by atoms with E-state index in [2.05, 4.69) is 24.8 Å². The largest absolute Gasteiger partial charge is 0.353 e.